The smallest absolute Gasteiger partial charge is 0.266 e. The molecule has 0 bridgehead atoms. The molecule has 3 aromatic carbocycles. The lowest BCUT2D eigenvalue weighted by molar-refractivity contribution is -0.118. The standard InChI is InChI=1S/C25H20ClN3O5/c1-33-22-13-16(11-17(14-27)25(32)29-19-7-9-20(30)10-8-19)12-21(26)24(22)34-15-23(31)28-18-5-3-2-4-6-18/h2-13,30H,15H2,1H3,(H,28,31)(H,29,32)/b17-11+. The predicted molar refractivity (Wildman–Crippen MR) is 129 cm³/mol. The van der Waals surface area contributed by atoms with Crippen LogP contribution in [0.25, 0.3) is 6.08 Å². The van der Waals surface area contributed by atoms with Gasteiger partial charge in [-0.3, -0.25) is 9.59 Å². The van der Waals surface area contributed by atoms with Crippen molar-refractivity contribution in [2.24, 2.45) is 0 Å². The van der Waals surface area contributed by atoms with Gasteiger partial charge in [-0.1, -0.05) is 29.8 Å². The van der Waals surface area contributed by atoms with Crippen molar-refractivity contribution in [3.63, 3.8) is 0 Å². The highest BCUT2D eigenvalue weighted by molar-refractivity contribution is 6.32. The maximum absolute atomic E-state index is 12.5. The Kier molecular flexibility index (Phi) is 8.11. The van der Waals surface area contributed by atoms with Crippen molar-refractivity contribution in [2.75, 3.05) is 24.4 Å². The highest BCUT2D eigenvalue weighted by atomic mass is 35.5. The zero-order valence-corrected chi connectivity index (χ0v) is 18.8. The summed E-state index contributed by atoms with van der Waals surface area (Å²) >= 11 is 6.33. The predicted octanol–water partition coefficient (Wildman–Crippen LogP) is 4.62. The van der Waals surface area contributed by atoms with Gasteiger partial charge < -0.3 is 25.2 Å². The fraction of sp³-hybridized carbons (Fsp3) is 0.0800. The Hall–Kier alpha value is -4.48. The number of halogens is 1. The topological polar surface area (TPSA) is 121 Å². The second-order valence-electron chi connectivity index (χ2n) is 6.91. The summed E-state index contributed by atoms with van der Waals surface area (Å²) in [6.07, 6.45) is 1.34. The summed E-state index contributed by atoms with van der Waals surface area (Å²) in [4.78, 5) is 24.6. The number of phenolic OH excluding ortho intramolecular Hbond substituents is 1. The molecule has 0 fully saturated rings. The van der Waals surface area contributed by atoms with Gasteiger partial charge in [0.05, 0.1) is 12.1 Å². The highest BCUT2D eigenvalue weighted by Gasteiger charge is 2.16. The van der Waals surface area contributed by atoms with Crippen molar-refractivity contribution in [2.45, 2.75) is 0 Å². The van der Waals surface area contributed by atoms with E-state index in [2.05, 4.69) is 10.6 Å². The number of ether oxygens (including phenoxy) is 2. The number of aromatic hydroxyl groups is 1. The first-order valence-corrected chi connectivity index (χ1v) is 10.3. The van der Waals surface area contributed by atoms with Gasteiger partial charge in [-0.2, -0.15) is 5.26 Å². The Bertz CT molecular complexity index is 1250. The summed E-state index contributed by atoms with van der Waals surface area (Å²) in [5.74, 6) is -0.595. The molecule has 3 N–H and O–H groups in total. The van der Waals surface area contributed by atoms with Gasteiger partial charge in [0.2, 0.25) is 0 Å². The summed E-state index contributed by atoms with van der Waals surface area (Å²) in [5, 5.41) is 24.2. The molecule has 34 heavy (non-hydrogen) atoms. The van der Waals surface area contributed by atoms with Crippen molar-refractivity contribution in [1.29, 1.82) is 5.26 Å². The lowest BCUT2D eigenvalue weighted by atomic mass is 10.1. The molecule has 0 saturated carbocycles. The van der Waals surface area contributed by atoms with Gasteiger partial charge in [0.15, 0.2) is 18.1 Å². The Balaban J connectivity index is 1.73. The van der Waals surface area contributed by atoms with Crippen LogP contribution < -0.4 is 20.1 Å². The summed E-state index contributed by atoms with van der Waals surface area (Å²) in [6.45, 7) is -0.307. The molecule has 172 valence electrons. The van der Waals surface area contributed by atoms with Crippen molar-refractivity contribution < 1.29 is 24.2 Å². The van der Waals surface area contributed by atoms with Crippen LogP contribution in [0, 0.1) is 11.3 Å². The number of hydrogen-bond acceptors (Lipinski definition) is 6. The van der Waals surface area contributed by atoms with Crippen LogP contribution in [0.15, 0.2) is 72.3 Å². The van der Waals surface area contributed by atoms with E-state index in [0.717, 1.165) is 0 Å². The van der Waals surface area contributed by atoms with Gasteiger partial charge >= 0.3 is 0 Å². The lowest BCUT2D eigenvalue weighted by Gasteiger charge is -2.13. The van der Waals surface area contributed by atoms with Gasteiger partial charge in [0.1, 0.15) is 17.4 Å². The molecule has 0 heterocycles. The molecule has 2 amide bonds. The van der Waals surface area contributed by atoms with Gasteiger partial charge in [0, 0.05) is 11.4 Å². The zero-order chi connectivity index (χ0) is 24.5. The number of para-hydroxylation sites is 1. The van der Waals surface area contributed by atoms with E-state index in [1.165, 1.54) is 49.6 Å². The molecule has 3 aromatic rings. The number of hydrogen-bond donors (Lipinski definition) is 3. The molecular formula is C25H20ClN3O5. The Morgan fingerprint density at radius 1 is 1.06 bits per heavy atom. The average molecular weight is 478 g/mol. The van der Waals surface area contributed by atoms with E-state index in [-0.39, 0.29) is 40.4 Å². The van der Waals surface area contributed by atoms with E-state index in [9.17, 15) is 20.0 Å². The van der Waals surface area contributed by atoms with Crippen LogP contribution in [0.2, 0.25) is 5.02 Å². The maximum atomic E-state index is 12.5. The molecule has 0 saturated heterocycles. The van der Waals surface area contributed by atoms with Crippen molar-refractivity contribution >= 4 is 40.9 Å². The van der Waals surface area contributed by atoms with Gasteiger partial charge in [0.25, 0.3) is 11.8 Å². The molecule has 0 aliphatic heterocycles. The van der Waals surface area contributed by atoms with Gasteiger partial charge in [-0.05, 0) is 60.2 Å². The minimum Gasteiger partial charge on any atom is -0.508 e. The molecule has 0 atom stereocenters. The number of carbonyl (C=O) groups excluding carboxylic acids is 2. The second-order valence-corrected chi connectivity index (χ2v) is 7.32. The maximum Gasteiger partial charge on any atom is 0.266 e. The molecule has 0 radical (unpaired) electrons. The number of phenols is 1. The molecule has 0 aromatic heterocycles. The van der Waals surface area contributed by atoms with E-state index < -0.39 is 5.91 Å². The molecule has 0 aliphatic rings. The van der Waals surface area contributed by atoms with E-state index >= 15 is 0 Å². The van der Waals surface area contributed by atoms with Gasteiger partial charge in [-0.15, -0.1) is 0 Å². The third kappa shape index (κ3) is 6.51. The number of nitrogens with zero attached hydrogens (tertiary/aromatic N) is 1. The van der Waals surface area contributed by atoms with Crippen LogP contribution in [0.3, 0.4) is 0 Å². The molecule has 3 rings (SSSR count). The van der Waals surface area contributed by atoms with Crippen molar-refractivity contribution in [1.82, 2.24) is 0 Å². The van der Waals surface area contributed by atoms with E-state index in [1.54, 1.807) is 24.3 Å². The largest absolute Gasteiger partial charge is 0.508 e. The summed E-state index contributed by atoms with van der Waals surface area (Å²) < 4.78 is 10.9. The zero-order valence-electron chi connectivity index (χ0n) is 18.0. The molecular weight excluding hydrogens is 458 g/mol. The first kappa shape index (κ1) is 24.2. The highest BCUT2D eigenvalue weighted by Crippen LogP contribution is 2.37. The number of nitrogens with one attached hydrogen (secondary N) is 2. The van der Waals surface area contributed by atoms with Crippen LogP contribution in [0.1, 0.15) is 5.56 Å². The summed E-state index contributed by atoms with van der Waals surface area (Å²) in [7, 11) is 1.40. The van der Waals surface area contributed by atoms with Crippen LogP contribution in [0.5, 0.6) is 17.2 Å². The third-order valence-corrected chi connectivity index (χ3v) is 4.74. The van der Waals surface area contributed by atoms with Crippen LogP contribution in [-0.4, -0.2) is 30.6 Å². The number of anilines is 2. The van der Waals surface area contributed by atoms with Crippen LogP contribution in [-0.2, 0) is 9.59 Å². The molecule has 0 unspecified atom stereocenters. The molecule has 0 aliphatic carbocycles. The number of benzene rings is 3. The van der Waals surface area contributed by atoms with Crippen molar-refractivity contribution in [3.05, 3.63) is 82.9 Å². The number of carbonyl (C=O) groups is 2. The molecule has 8 nitrogen and oxygen atoms in total. The molecule has 0 spiro atoms. The Labute approximate surface area is 201 Å². The SMILES string of the molecule is COc1cc(/C=C(\C#N)C(=O)Nc2ccc(O)cc2)cc(Cl)c1OCC(=O)Nc1ccccc1. The van der Waals surface area contributed by atoms with Crippen molar-refractivity contribution in [3.8, 4) is 23.3 Å². The van der Waals surface area contributed by atoms with E-state index in [1.807, 2.05) is 12.1 Å². The third-order valence-electron chi connectivity index (χ3n) is 4.46. The second kappa shape index (κ2) is 11.4. The minimum absolute atomic E-state index is 0.0515. The Morgan fingerprint density at radius 3 is 2.38 bits per heavy atom. The van der Waals surface area contributed by atoms with Gasteiger partial charge in [-0.25, -0.2) is 0 Å². The average Bonchev–Trinajstić information content (AvgIpc) is 2.83. The number of methoxy groups -OCH3 is 1. The summed E-state index contributed by atoms with van der Waals surface area (Å²) in [5.41, 5.74) is 1.28. The minimum atomic E-state index is -0.638. The Morgan fingerprint density at radius 2 is 1.74 bits per heavy atom. The fourth-order valence-electron chi connectivity index (χ4n) is 2.88. The first-order chi connectivity index (χ1) is 16.4. The van der Waals surface area contributed by atoms with Crippen LogP contribution >= 0.6 is 11.6 Å². The number of nitriles is 1. The number of amides is 2. The first-order valence-electron chi connectivity index (χ1n) is 9.97. The van der Waals surface area contributed by atoms with Crippen LogP contribution in [0.4, 0.5) is 11.4 Å². The summed E-state index contributed by atoms with van der Waals surface area (Å²) in [6, 6.07) is 19.6. The number of rotatable bonds is 8. The quantitative estimate of drug-likeness (QED) is 0.247. The normalized spacial score (nSPS) is 10.7. The lowest BCUT2D eigenvalue weighted by Crippen LogP contribution is -2.20. The fourth-order valence-corrected chi connectivity index (χ4v) is 3.15. The van der Waals surface area contributed by atoms with E-state index in [0.29, 0.717) is 16.9 Å². The van der Waals surface area contributed by atoms with E-state index in [4.69, 9.17) is 21.1 Å². The molecule has 9 heteroatoms. The monoisotopic (exact) mass is 477 g/mol.